The zero-order chi connectivity index (χ0) is 16.5. The Bertz CT molecular complexity index is 598. The van der Waals surface area contributed by atoms with Gasteiger partial charge in [0, 0.05) is 33.3 Å². The van der Waals surface area contributed by atoms with Crippen LogP contribution in [0.3, 0.4) is 0 Å². The van der Waals surface area contributed by atoms with E-state index in [2.05, 4.69) is 20.3 Å². The molecule has 1 aliphatic heterocycles. The Kier molecular flexibility index (Phi) is 6.82. The van der Waals surface area contributed by atoms with Gasteiger partial charge in [0.25, 0.3) is 0 Å². The normalized spacial score (nSPS) is 18.8. The Balaban J connectivity index is 1.69. The van der Waals surface area contributed by atoms with Gasteiger partial charge in [0.2, 0.25) is 10.0 Å². The fourth-order valence-corrected chi connectivity index (χ4v) is 3.34. The van der Waals surface area contributed by atoms with Crippen LogP contribution in [0, 0.1) is 0 Å². The summed E-state index contributed by atoms with van der Waals surface area (Å²) in [5.41, 5.74) is 0. The summed E-state index contributed by atoms with van der Waals surface area (Å²) in [7, 11) is -1.78. The highest BCUT2D eigenvalue weighted by Crippen LogP contribution is 2.10. The third-order valence-corrected chi connectivity index (χ3v) is 4.98. The van der Waals surface area contributed by atoms with Gasteiger partial charge < -0.3 is 15.4 Å². The van der Waals surface area contributed by atoms with Crippen LogP contribution >= 0.6 is 0 Å². The predicted octanol–water partition coefficient (Wildman–Crippen LogP) is 0.309. The second-order valence-corrected chi connectivity index (χ2v) is 6.99. The number of hydrogen-bond acceptors (Lipinski definition) is 4. The molecule has 2 rings (SSSR count). The lowest BCUT2D eigenvalue weighted by Crippen LogP contribution is -2.43. The molecular weight excluding hydrogens is 316 g/mol. The molecule has 0 spiro atoms. The van der Waals surface area contributed by atoms with Crippen LogP contribution < -0.4 is 15.4 Å². The van der Waals surface area contributed by atoms with Crippen LogP contribution in [0.4, 0.5) is 0 Å². The summed E-state index contributed by atoms with van der Waals surface area (Å²) in [5.74, 6) is 0.638. The molecule has 0 amide bonds. The van der Waals surface area contributed by atoms with E-state index < -0.39 is 10.0 Å². The van der Waals surface area contributed by atoms with Gasteiger partial charge in [0.1, 0.15) is 0 Å². The molecule has 1 unspecified atom stereocenters. The molecule has 0 aromatic heterocycles. The van der Waals surface area contributed by atoms with Gasteiger partial charge in [0.15, 0.2) is 5.96 Å². The summed E-state index contributed by atoms with van der Waals surface area (Å²) >= 11 is 0. The zero-order valence-electron chi connectivity index (χ0n) is 13.3. The van der Waals surface area contributed by atoms with Crippen molar-refractivity contribution in [1.82, 2.24) is 15.4 Å². The van der Waals surface area contributed by atoms with E-state index in [1.165, 1.54) is 0 Å². The van der Waals surface area contributed by atoms with E-state index in [9.17, 15) is 8.42 Å². The predicted molar refractivity (Wildman–Crippen MR) is 90.0 cm³/mol. The second-order valence-electron chi connectivity index (χ2n) is 5.23. The maximum atomic E-state index is 12.0. The van der Waals surface area contributed by atoms with Gasteiger partial charge in [0.05, 0.1) is 11.0 Å². The third-order valence-electron chi connectivity index (χ3n) is 3.51. The van der Waals surface area contributed by atoms with Gasteiger partial charge in [-0.25, -0.2) is 13.1 Å². The Morgan fingerprint density at radius 3 is 2.70 bits per heavy atom. The van der Waals surface area contributed by atoms with E-state index in [1.54, 1.807) is 37.4 Å². The Morgan fingerprint density at radius 2 is 2.04 bits per heavy atom. The smallest absolute Gasteiger partial charge is 0.240 e. The minimum Gasteiger partial charge on any atom is -0.376 e. The average molecular weight is 340 g/mol. The summed E-state index contributed by atoms with van der Waals surface area (Å²) in [6, 6.07) is 8.31. The minimum atomic E-state index is -3.46. The summed E-state index contributed by atoms with van der Waals surface area (Å²) in [6.45, 7) is 2.24. The standard InChI is InChI=1S/C15H24N4O3S/c1-16-15(18-12-13-6-5-11-22-13)17-9-10-19-23(20,21)14-7-3-2-4-8-14/h2-4,7-8,13,19H,5-6,9-12H2,1H3,(H2,16,17,18). The number of ether oxygens (including phenoxy) is 1. The zero-order valence-corrected chi connectivity index (χ0v) is 14.1. The minimum absolute atomic E-state index is 0.227. The molecular formula is C15H24N4O3S. The van der Waals surface area contributed by atoms with Crippen LogP contribution in [0.25, 0.3) is 0 Å². The summed E-state index contributed by atoms with van der Waals surface area (Å²) in [5, 5.41) is 6.25. The topological polar surface area (TPSA) is 91.8 Å². The molecule has 1 fully saturated rings. The molecule has 23 heavy (non-hydrogen) atoms. The summed E-state index contributed by atoms with van der Waals surface area (Å²) < 4.78 is 32.2. The Labute approximate surface area is 137 Å². The van der Waals surface area contributed by atoms with E-state index in [4.69, 9.17) is 4.74 Å². The fraction of sp³-hybridized carbons (Fsp3) is 0.533. The molecule has 8 heteroatoms. The molecule has 0 radical (unpaired) electrons. The summed E-state index contributed by atoms with van der Waals surface area (Å²) in [6.07, 6.45) is 2.38. The second kappa shape index (κ2) is 8.85. The summed E-state index contributed by atoms with van der Waals surface area (Å²) in [4.78, 5) is 4.37. The van der Waals surface area contributed by atoms with Crippen molar-refractivity contribution in [3.8, 4) is 0 Å². The van der Waals surface area contributed by atoms with E-state index in [-0.39, 0.29) is 17.5 Å². The molecule has 1 aliphatic rings. The average Bonchev–Trinajstić information content (AvgIpc) is 3.08. The van der Waals surface area contributed by atoms with Crippen molar-refractivity contribution in [3.63, 3.8) is 0 Å². The largest absolute Gasteiger partial charge is 0.376 e. The molecule has 1 aromatic rings. The maximum Gasteiger partial charge on any atom is 0.240 e. The maximum absolute atomic E-state index is 12.0. The first-order valence-electron chi connectivity index (χ1n) is 7.72. The van der Waals surface area contributed by atoms with Crippen LogP contribution in [0.1, 0.15) is 12.8 Å². The van der Waals surface area contributed by atoms with Gasteiger partial charge in [-0.1, -0.05) is 18.2 Å². The lowest BCUT2D eigenvalue weighted by Gasteiger charge is -2.15. The van der Waals surface area contributed by atoms with E-state index >= 15 is 0 Å². The van der Waals surface area contributed by atoms with E-state index in [0.29, 0.717) is 19.0 Å². The van der Waals surface area contributed by atoms with Crippen LogP contribution in [-0.2, 0) is 14.8 Å². The number of sulfonamides is 1. The van der Waals surface area contributed by atoms with Crippen molar-refractivity contribution < 1.29 is 13.2 Å². The molecule has 1 heterocycles. The first-order valence-corrected chi connectivity index (χ1v) is 9.21. The number of rotatable bonds is 7. The van der Waals surface area contributed by atoms with Gasteiger partial charge in [-0.3, -0.25) is 4.99 Å². The van der Waals surface area contributed by atoms with Crippen molar-refractivity contribution in [2.75, 3.05) is 33.3 Å². The number of aliphatic imine (C=N–C) groups is 1. The molecule has 1 aromatic carbocycles. The molecule has 1 atom stereocenters. The number of guanidine groups is 1. The number of nitrogens with zero attached hydrogens (tertiary/aromatic N) is 1. The molecule has 3 N–H and O–H groups in total. The monoisotopic (exact) mass is 340 g/mol. The fourth-order valence-electron chi connectivity index (χ4n) is 2.29. The quantitative estimate of drug-likeness (QED) is 0.377. The molecule has 1 saturated heterocycles. The van der Waals surface area contributed by atoms with Gasteiger partial charge in [-0.15, -0.1) is 0 Å². The van der Waals surface area contributed by atoms with Crippen molar-refractivity contribution in [1.29, 1.82) is 0 Å². The molecule has 128 valence electrons. The first-order chi connectivity index (χ1) is 11.1. The van der Waals surface area contributed by atoms with E-state index in [0.717, 1.165) is 19.4 Å². The van der Waals surface area contributed by atoms with Gasteiger partial charge >= 0.3 is 0 Å². The highest BCUT2D eigenvalue weighted by atomic mass is 32.2. The molecule has 0 bridgehead atoms. The van der Waals surface area contributed by atoms with Crippen LogP contribution in [-0.4, -0.2) is 53.8 Å². The molecule has 7 nitrogen and oxygen atoms in total. The van der Waals surface area contributed by atoms with Gasteiger partial charge in [-0.2, -0.15) is 0 Å². The van der Waals surface area contributed by atoms with Crippen LogP contribution in [0.2, 0.25) is 0 Å². The number of benzene rings is 1. The lowest BCUT2D eigenvalue weighted by molar-refractivity contribution is 0.114. The Morgan fingerprint density at radius 1 is 1.26 bits per heavy atom. The highest BCUT2D eigenvalue weighted by Gasteiger charge is 2.15. The van der Waals surface area contributed by atoms with Gasteiger partial charge in [-0.05, 0) is 25.0 Å². The lowest BCUT2D eigenvalue weighted by atomic mass is 10.2. The van der Waals surface area contributed by atoms with Crippen molar-refractivity contribution in [2.45, 2.75) is 23.8 Å². The Hall–Kier alpha value is -1.64. The van der Waals surface area contributed by atoms with Crippen LogP contribution in [0.5, 0.6) is 0 Å². The van der Waals surface area contributed by atoms with Crippen LogP contribution in [0.15, 0.2) is 40.2 Å². The van der Waals surface area contributed by atoms with E-state index in [1.807, 2.05) is 0 Å². The van der Waals surface area contributed by atoms with Crippen molar-refractivity contribution in [2.24, 2.45) is 4.99 Å². The first kappa shape index (κ1) is 17.7. The molecule has 0 saturated carbocycles. The molecule has 0 aliphatic carbocycles. The number of nitrogens with one attached hydrogen (secondary N) is 3. The number of hydrogen-bond donors (Lipinski definition) is 3. The SMILES string of the molecule is CN=C(NCCNS(=O)(=O)c1ccccc1)NCC1CCCO1. The van der Waals surface area contributed by atoms with Crippen molar-refractivity contribution >= 4 is 16.0 Å². The third kappa shape index (κ3) is 5.81. The highest BCUT2D eigenvalue weighted by molar-refractivity contribution is 7.89. The van der Waals surface area contributed by atoms with Crippen molar-refractivity contribution in [3.05, 3.63) is 30.3 Å².